The molecule has 0 aromatic carbocycles. The third kappa shape index (κ3) is 2.15. The summed E-state index contributed by atoms with van der Waals surface area (Å²) in [6.07, 6.45) is 9.29. The van der Waals surface area contributed by atoms with Gasteiger partial charge in [-0.25, -0.2) is 0 Å². The SMILES string of the molecule is C[C@@H]1OC(=O)C[C@H]2[C@@H]3CC=C4C[C@@H](O)CC[C@]4(C)[C@H]3CC[C@]12C. The molecule has 0 spiro atoms. The van der Waals surface area contributed by atoms with E-state index in [1.54, 1.807) is 0 Å². The molecule has 4 rings (SSSR count). The van der Waals surface area contributed by atoms with Crippen molar-refractivity contribution in [2.75, 3.05) is 0 Å². The number of carbonyl (C=O) groups is 1. The number of aliphatic hydroxyl groups excluding tert-OH is 1. The first-order valence-corrected chi connectivity index (χ1v) is 9.41. The zero-order chi connectivity index (χ0) is 16.4. The summed E-state index contributed by atoms with van der Waals surface area (Å²) in [6, 6.07) is 0. The Balaban J connectivity index is 1.69. The van der Waals surface area contributed by atoms with Gasteiger partial charge in [0.1, 0.15) is 6.10 Å². The maximum absolute atomic E-state index is 12.1. The van der Waals surface area contributed by atoms with E-state index in [2.05, 4.69) is 26.8 Å². The molecule has 3 heteroatoms. The van der Waals surface area contributed by atoms with Crippen LogP contribution in [0.25, 0.3) is 0 Å². The second-order valence-corrected chi connectivity index (χ2v) is 9.04. The number of allylic oxidation sites excluding steroid dienone is 1. The highest BCUT2D eigenvalue weighted by atomic mass is 16.5. The molecule has 3 aliphatic carbocycles. The van der Waals surface area contributed by atoms with Gasteiger partial charge in [-0.15, -0.1) is 0 Å². The van der Waals surface area contributed by atoms with Gasteiger partial charge < -0.3 is 9.84 Å². The molecule has 0 amide bonds. The third-order valence-corrected chi connectivity index (χ3v) is 8.14. The smallest absolute Gasteiger partial charge is 0.306 e. The lowest BCUT2D eigenvalue weighted by atomic mass is 9.46. The van der Waals surface area contributed by atoms with Crippen LogP contribution in [0.4, 0.5) is 0 Å². The molecule has 0 unspecified atom stereocenters. The molecular weight excluding hydrogens is 288 g/mol. The highest BCUT2D eigenvalue weighted by molar-refractivity contribution is 5.71. The normalized spacial score (nSPS) is 52.6. The number of carbonyl (C=O) groups excluding carboxylic acids is 1. The second kappa shape index (κ2) is 5.08. The van der Waals surface area contributed by atoms with Crippen molar-refractivity contribution in [3.05, 3.63) is 11.6 Å². The first-order chi connectivity index (χ1) is 10.8. The van der Waals surface area contributed by atoms with Gasteiger partial charge in [0.15, 0.2) is 0 Å². The molecule has 128 valence electrons. The molecular formula is C20H30O3. The van der Waals surface area contributed by atoms with Crippen LogP contribution in [0.2, 0.25) is 0 Å². The van der Waals surface area contributed by atoms with Gasteiger partial charge in [0, 0.05) is 11.8 Å². The summed E-state index contributed by atoms with van der Waals surface area (Å²) < 4.78 is 5.60. The lowest BCUT2D eigenvalue weighted by Gasteiger charge is -2.60. The van der Waals surface area contributed by atoms with Gasteiger partial charge in [-0.05, 0) is 68.6 Å². The van der Waals surface area contributed by atoms with Crippen molar-refractivity contribution in [2.45, 2.75) is 77.9 Å². The zero-order valence-corrected chi connectivity index (χ0v) is 14.7. The quantitative estimate of drug-likeness (QED) is 0.545. The number of rotatable bonds is 0. The summed E-state index contributed by atoms with van der Waals surface area (Å²) in [7, 11) is 0. The molecule has 1 N–H and O–H groups in total. The summed E-state index contributed by atoms with van der Waals surface area (Å²) in [4.78, 5) is 12.1. The first kappa shape index (κ1) is 15.7. The van der Waals surface area contributed by atoms with Crippen molar-refractivity contribution in [1.29, 1.82) is 0 Å². The average molecular weight is 318 g/mol. The van der Waals surface area contributed by atoms with Crippen molar-refractivity contribution < 1.29 is 14.6 Å². The van der Waals surface area contributed by atoms with Gasteiger partial charge in [-0.2, -0.15) is 0 Å². The van der Waals surface area contributed by atoms with E-state index in [9.17, 15) is 9.90 Å². The average Bonchev–Trinajstić information content (AvgIpc) is 2.49. The van der Waals surface area contributed by atoms with Crippen LogP contribution in [0.15, 0.2) is 11.6 Å². The van der Waals surface area contributed by atoms with Crippen LogP contribution in [0.5, 0.6) is 0 Å². The van der Waals surface area contributed by atoms with E-state index in [1.807, 2.05) is 0 Å². The minimum Gasteiger partial charge on any atom is -0.462 e. The van der Waals surface area contributed by atoms with E-state index in [1.165, 1.54) is 18.4 Å². The lowest BCUT2D eigenvalue weighted by molar-refractivity contribution is -0.188. The summed E-state index contributed by atoms with van der Waals surface area (Å²) >= 11 is 0. The Labute approximate surface area is 139 Å². The largest absolute Gasteiger partial charge is 0.462 e. The molecule has 1 heterocycles. The van der Waals surface area contributed by atoms with Crippen molar-refractivity contribution in [3.63, 3.8) is 0 Å². The zero-order valence-electron chi connectivity index (χ0n) is 14.7. The van der Waals surface area contributed by atoms with E-state index >= 15 is 0 Å². The van der Waals surface area contributed by atoms with E-state index in [-0.39, 0.29) is 29.0 Å². The van der Waals surface area contributed by atoms with E-state index in [0.29, 0.717) is 24.2 Å². The predicted octanol–water partition coefficient (Wildman–Crippen LogP) is 3.85. The molecule has 1 aliphatic heterocycles. The Morgan fingerprint density at radius 1 is 1.17 bits per heavy atom. The van der Waals surface area contributed by atoms with Crippen LogP contribution in [-0.2, 0) is 9.53 Å². The summed E-state index contributed by atoms with van der Waals surface area (Å²) in [5, 5.41) is 10.1. The van der Waals surface area contributed by atoms with Crippen LogP contribution in [0.1, 0.15) is 65.7 Å². The molecule has 4 aliphatic rings. The van der Waals surface area contributed by atoms with Crippen molar-refractivity contribution >= 4 is 5.97 Å². The fourth-order valence-corrected chi connectivity index (χ4v) is 6.44. The molecule has 3 nitrogen and oxygen atoms in total. The van der Waals surface area contributed by atoms with Crippen LogP contribution < -0.4 is 0 Å². The van der Waals surface area contributed by atoms with Gasteiger partial charge in [0.25, 0.3) is 0 Å². The van der Waals surface area contributed by atoms with Crippen molar-refractivity contribution in [3.8, 4) is 0 Å². The standard InChI is InChI=1S/C20H30O3/c1-12-19(2)9-7-16-15(17(19)11-18(22)23-12)5-4-13-10-14(21)6-8-20(13,16)3/h4,12,14-17,21H,5-11H2,1-3H3/t12-,14-,15+,16-,17-,19+,20-/m0/s1. The fourth-order valence-electron chi connectivity index (χ4n) is 6.44. The number of hydrogen-bond acceptors (Lipinski definition) is 3. The van der Waals surface area contributed by atoms with Crippen molar-refractivity contribution in [1.82, 2.24) is 0 Å². The Kier molecular flexibility index (Phi) is 3.46. The maximum atomic E-state index is 12.1. The summed E-state index contributed by atoms with van der Waals surface area (Å²) in [6.45, 7) is 6.86. The second-order valence-electron chi connectivity index (χ2n) is 9.04. The molecule has 0 bridgehead atoms. The van der Waals surface area contributed by atoms with E-state index in [0.717, 1.165) is 25.7 Å². The highest BCUT2D eigenvalue weighted by Crippen LogP contribution is 2.63. The minimum atomic E-state index is -0.149. The van der Waals surface area contributed by atoms with Crippen molar-refractivity contribution in [2.24, 2.45) is 28.6 Å². The van der Waals surface area contributed by atoms with E-state index in [4.69, 9.17) is 4.74 Å². The fraction of sp³-hybridized carbons (Fsp3) is 0.850. The minimum absolute atomic E-state index is 0.000351. The number of esters is 1. The number of hydrogen-bond donors (Lipinski definition) is 1. The lowest BCUT2D eigenvalue weighted by Crippen LogP contribution is -2.56. The Morgan fingerprint density at radius 2 is 1.96 bits per heavy atom. The molecule has 0 radical (unpaired) electrons. The molecule has 7 atom stereocenters. The number of aliphatic hydroxyl groups is 1. The van der Waals surface area contributed by atoms with Crippen LogP contribution in [0.3, 0.4) is 0 Å². The predicted molar refractivity (Wildman–Crippen MR) is 88.6 cm³/mol. The molecule has 1 saturated heterocycles. The van der Waals surface area contributed by atoms with Crippen LogP contribution in [-0.4, -0.2) is 23.3 Å². The van der Waals surface area contributed by atoms with Crippen LogP contribution >= 0.6 is 0 Å². The van der Waals surface area contributed by atoms with Gasteiger partial charge in [0.2, 0.25) is 0 Å². The summed E-state index contributed by atoms with van der Waals surface area (Å²) in [5.41, 5.74) is 1.88. The molecule has 2 saturated carbocycles. The number of cyclic esters (lactones) is 1. The third-order valence-electron chi connectivity index (χ3n) is 8.14. The Bertz CT molecular complexity index is 553. The Morgan fingerprint density at radius 3 is 2.74 bits per heavy atom. The number of fused-ring (bicyclic) bond motifs is 5. The molecule has 0 aromatic heterocycles. The van der Waals surface area contributed by atoms with Gasteiger partial charge in [-0.3, -0.25) is 4.79 Å². The highest BCUT2D eigenvalue weighted by Gasteiger charge is 2.58. The van der Waals surface area contributed by atoms with Gasteiger partial charge in [0.05, 0.1) is 6.10 Å². The number of ether oxygens (including phenoxy) is 1. The maximum Gasteiger partial charge on any atom is 0.306 e. The molecule has 0 aromatic rings. The Hall–Kier alpha value is -0.830. The molecule has 23 heavy (non-hydrogen) atoms. The van der Waals surface area contributed by atoms with Gasteiger partial charge >= 0.3 is 5.97 Å². The van der Waals surface area contributed by atoms with Crippen LogP contribution in [0, 0.1) is 28.6 Å². The molecule has 3 fully saturated rings. The summed E-state index contributed by atoms with van der Waals surface area (Å²) in [5.74, 6) is 1.73. The van der Waals surface area contributed by atoms with E-state index < -0.39 is 0 Å². The topological polar surface area (TPSA) is 46.5 Å². The monoisotopic (exact) mass is 318 g/mol. The first-order valence-electron chi connectivity index (χ1n) is 9.41. The van der Waals surface area contributed by atoms with Gasteiger partial charge in [-0.1, -0.05) is 25.5 Å².